The zero-order chi connectivity index (χ0) is 14.4. The van der Waals surface area contributed by atoms with Gasteiger partial charge in [-0.15, -0.1) is 5.92 Å². The Hall–Kier alpha value is -1.86. The highest BCUT2D eigenvalue weighted by atomic mass is 16.7. The van der Waals surface area contributed by atoms with Gasteiger partial charge in [-0.3, -0.25) is 0 Å². The van der Waals surface area contributed by atoms with Gasteiger partial charge in [0.1, 0.15) is 12.4 Å². The topological polar surface area (TPSA) is 39.7 Å². The smallest absolute Gasteiger partial charge is 0.231 e. The van der Waals surface area contributed by atoms with Crippen molar-refractivity contribution in [2.75, 3.05) is 19.9 Å². The van der Waals surface area contributed by atoms with Crippen LogP contribution in [0.1, 0.15) is 26.3 Å². The number of hydrogen-bond acceptors (Lipinski definition) is 4. The third-order valence-corrected chi connectivity index (χ3v) is 2.90. The number of benzene rings is 1. The molecule has 0 spiro atoms. The molecule has 2 rings (SSSR count). The normalized spacial score (nSPS) is 12.2. The molecular formula is C16H21NO3. The first-order chi connectivity index (χ1) is 9.70. The monoisotopic (exact) mass is 275 g/mol. The van der Waals surface area contributed by atoms with E-state index in [1.807, 2.05) is 12.1 Å². The lowest BCUT2D eigenvalue weighted by Gasteiger charge is -2.13. The lowest BCUT2D eigenvalue weighted by atomic mass is 10.1. The summed E-state index contributed by atoms with van der Waals surface area (Å²) in [5.41, 5.74) is 1.06. The van der Waals surface area contributed by atoms with Crippen molar-refractivity contribution in [3.05, 3.63) is 17.7 Å². The van der Waals surface area contributed by atoms with Crippen LogP contribution in [0.3, 0.4) is 0 Å². The Kier molecular flexibility index (Phi) is 5.14. The Morgan fingerprint density at radius 2 is 2.05 bits per heavy atom. The van der Waals surface area contributed by atoms with Gasteiger partial charge in [0.15, 0.2) is 11.5 Å². The molecule has 0 bridgehead atoms. The maximum absolute atomic E-state index is 5.71. The molecular weight excluding hydrogens is 254 g/mol. The maximum Gasteiger partial charge on any atom is 0.231 e. The van der Waals surface area contributed by atoms with Crippen molar-refractivity contribution < 1.29 is 14.2 Å². The van der Waals surface area contributed by atoms with Crippen LogP contribution in [0.4, 0.5) is 0 Å². The molecule has 1 aliphatic heterocycles. The Balaban J connectivity index is 2.10. The van der Waals surface area contributed by atoms with Crippen LogP contribution in [-0.4, -0.2) is 19.9 Å². The highest BCUT2D eigenvalue weighted by molar-refractivity contribution is 5.51. The van der Waals surface area contributed by atoms with Crippen LogP contribution >= 0.6 is 0 Å². The van der Waals surface area contributed by atoms with Crippen molar-refractivity contribution in [3.63, 3.8) is 0 Å². The molecule has 1 aliphatic rings. The summed E-state index contributed by atoms with van der Waals surface area (Å²) in [6.07, 6.45) is 0. The SMILES string of the molecule is CC#CCOc1cc2c(cc1CNCC(C)C)OCO2. The highest BCUT2D eigenvalue weighted by Gasteiger charge is 2.17. The quantitative estimate of drug-likeness (QED) is 0.810. The minimum atomic E-state index is 0.270. The van der Waals surface area contributed by atoms with Crippen molar-refractivity contribution in [2.24, 2.45) is 5.92 Å². The molecule has 0 fully saturated rings. The standard InChI is InChI=1S/C16H21NO3/c1-4-5-6-18-14-8-16-15(19-11-20-16)7-13(14)10-17-9-12(2)3/h7-8,12,17H,6,9-11H2,1-3H3. The second-order valence-electron chi connectivity index (χ2n) is 5.05. The van der Waals surface area contributed by atoms with Crippen LogP contribution < -0.4 is 19.5 Å². The predicted molar refractivity (Wildman–Crippen MR) is 78.1 cm³/mol. The van der Waals surface area contributed by atoms with E-state index in [2.05, 4.69) is 31.0 Å². The first-order valence-corrected chi connectivity index (χ1v) is 6.86. The van der Waals surface area contributed by atoms with Gasteiger partial charge in [0.25, 0.3) is 0 Å². The van der Waals surface area contributed by atoms with E-state index in [0.717, 1.165) is 35.9 Å². The fraction of sp³-hybridized carbons (Fsp3) is 0.500. The van der Waals surface area contributed by atoms with Crippen LogP contribution in [0.5, 0.6) is 17.2 Å². The van der Waals surface area contributed by atoms with Gasteiger partial charge in [0.05, 0.1) is 0 Å². The molecule has 4 nitrogen and oxygen atoms in total. The molecule has 0 aromatic heterocycles. The molecule has 20 heavy (non-hydrogen) atoms. The summed E-state index contributed by atoms with van der Waals surface area (Å²) in [5, 5.41) is 3.41. The summed E-state index contributed by atoms with van der Waals surface area (Å²) in [4.78, 5) is 0. The molecule has 0 saturated carbocycles. The van der Waals surface area contributed by atoms with Crippen molar-refractivity contribution in [3.8, 4) is 29.1 Å². The molecule has 1 N–H and O–H groups in total. The lowest BCUT2D eigenvalue weighted by Crippen LogP contribution is -2.19. The van der Waals surface area contributed by atoms with Crippen molar-refractivity contribution in [1.82, 2.24) is 5.32 Å². The van der Waals surface area contributed by atoms with Gasteiger partial charge < -0.3 is 19.5 Å². The molecule has 4 heteroatoms. The average Bonchev–Trinajstić information content (AvgIpc) is 2.85. The first-order valence-electron chi connectivity index (χ1n) is 6.86. The van der Waals surface area contributed by atoms with E-state index in [4.69, 9.17) is 14.2 Å². The Morgan fingerprint density at radius 3 is 2.75 bits per heavy atom. The molecule has 1 heterocycles. The lowest BCUT2D eigenvalue weighted by molar-refractivity contribution is 0.174. The number of hydrogen-bond donors (Lipinski definition) is 1. The first kappa shape index (κ1) is 14.5. The minimum Gasteiger partial charge on any atom is -0.480 e. The van der Waals surface area contributed by atoms with E-state index in [1.165, 1.54) is 0 Å². The van der Waals surface area contributed by atoms with Gasteiger partial charge in [0, 0.05) is 18.2 Å². The van der Waals surface area contributed by atoms with Crippen molar-refractivity contribution >= 4 is 0 Å². The maximum atomic E-state index is 5.71. The Bertz CT molecular complexity index is 514. The van der Waals surface area contributed by atoms with Gasteiger partial charge in [-0.05, 0) is 25.5 Å². The van der Waals surface area contributed by atoms with Crippen molar-refractivity contribution in [1.29, 1.82) is 0 Å². The van der Waals surface area contributed by atoms with E-state index in [0.29, 0.717) is 12.5 Å². The average molecular weight is 275 g/mol. The zero-order valence-electron chi connectivity index (χ0n) is 12.3. The van der Waals surface area contributed by atoms with Gasteiger partial charge in [-0.25, -0.2) is 0 Å². The molecule has 0 atom stereocenters. The van der Waals surface area contributed by atoms with Gasteiger partial charge >= 0.3 is 0 Å². The van der Waals surface area contributed by atoms with E-state index < -0.39 is 0 Å². The van der Waals surface area contributed by atoms with Crippen LogP contribution in [0, 0.1) is 17.8 Å². The van der Waals surface area contributed by atoms with Crippen LogP contribution in [0.2, 0.25) is 0 Å². The van der Waals surface area contributed by atoms with Crippen LogP contribution in [0.15, 0.2) is 12.1 Å². The van der Waals surface area contributed by atoms with Gasteiger partial charge in [-0.2, -0.15) is 0 Å². The van der Waals surface area contributed by atoms with E-state index in [-0.39, 0.29) is 6.79 Å². The molecule has 0 aliphatic carbocycles. The fourth-order valence-corrected chi connectivity index (χ4v) is 1.92. The number of rotatable bonds is 6. The fourth-order valence-electron chi connectivity index (χ4n) is 1.92. The molecule has 0 amide bonds. The summed E-state index contributed by atoms with van der Waals surface area (Å²) < 4.78 is 16.5. The number of fused-ring (bicyclic) bond motifs is 1. The molecule has 0 saturated heterocycles. The molecule has 108 valence electrons. The number of ether oxygens (including phenoxy) is 3. The minimum absolute atomic E-state index is 0.270. The Labute approximate surface area is 120 Å². The third-order valence-electron chi connectivity index (χ3n) is 2.90. The molecule has 1 aromatic rings. The summed E-state index contributed by atoms with van der Waals surface area (Å²) in [7, 11) is 0. The van der Waals surface area contributed by atoms with Crippen LogP contribution in [-0.2, 0) is 6.54 Å². The number of nitrogens with one attached hydrogen (secondary N) is 1. The second-order valence-corrected chi connectivity index (χ2v) is 5.05. The van der Waals surface area contributed by atoms with Gasteiger partial charge in [-0.1, -0.05) is 19.8 Å². The largest absolute Gasteiger partial charge is 0.480 e. The highest BCUT2D eigenvalue weighted by Crippen LogP contribution is 2.38. The Morgan fingerprint density at radius 1 is 1.30 bits per heavy atom. The molecule has 0 radical (unpaired) electrons. The van der Waals surface area contributed by atoms with Crippen LogP contribution in [0.25, 0.3) is 0 Å². The molecule has 1 aromatic carbocycles. The summed E-state index contributed by atoms with van der Waals surface area (Å²) >= 11 is 0. The summed E-state index contributed by atoms with van der Waals surface area (Å²) in [6, 6.07) is 3.86. The summed E-state index contributed by atoms with van der Waals surface area (Å²) in [5.74, 6) is 8.64. The third kappa shape index (κ3) is 3.82. The van der Waals surface area contributed by atoms with E-state index in [9.17, 15) is 0 Å². The van der Waals surface area contributed by atoms with Crippen molar-refractivity contribution in [2.45, 2.75) is 27.3 Å². The zero-order valence-corrected chi connectivity index (χ0v) is 12.3. The van der Waals surface area contributed by atoms with E-state index in [1.54, 1.807) is 6.92 Å². The van der Waals surface area contributed by atoms with E-state index >= 15 is 0 Å². The molecule has 0 unspecified atom stereocenters. The second kappa shape index (κ2) is 7.06. The van der Waals surface area contributed by atoms with Gasteiger partial charge in [0.2, 0.25) is 6.79 Å². The predicted octanol–water partition coefficient (Wildman–Crippen LogP) is 2.56. The summed E-state index contributed by atoms with van der Waals surface area (Å²) in [6.45, 7) is 8.52.